The fourth-order valence-electron chi connectivity index (χ4n) is 2.39. The lowest BCUT2D eigenvalue weighted by Gasteiger charge is -2.26. The standard InChI is InChI=1S/C17H19N5/c1-17(2,12-6-4-3-5-7-12)10-19-15-13-8-9-14(18)22-16(13)21-11-20-15/h3-9,11H,10H2,1-2H3,(H3,18,19,20,21,22). The number of nitrogens with one attached hydrogen (secondary N) is 1. The molecule has 0 aliphatic rings. The molecule has 0 aliphatic heterocycles. The molecule has 0 bridgehead atoms. The molecule has 5 heteroatoms. The van der Waals surface area contributed by atoms with Crippen molar-refractivity contribution in [1.29, 1.82) is 0 Å². The maximum Gasteiger partial charge on any atom is 0.166 e. The van der Waals surface area contributed by atoms with Gasteiger partial charge in [-0.1, -0.05) is 44.2 Å². The van der Waals surface area contributed by atoms with Crippen LogP contribution < -0.4 is 11.1 Å². The molecule has 0 amide bonds. The Bertz CT molecular complexity index is 783. The molecule has 0 saturated carbocycles. The van der Waals surface area contributed by atoms with Gasteiger partial charge in [0.05, 0.1) is 5.39 Å². The minimum Gasteiger partial charge on any atom is -0.384 e. The Kier molecular flexibility index (Phi) is 3.63. The number of nitrogen functional groups attached to an aromatic ring is 1. The van der Waals surface area contributed by atoms with E-state index in [1.54, 1.807) is 6.07 Å². The van der Waals surface area contributed by atoms with E-state index in [4.69, 9.17) is 5.73 Å². The predicted molar refractivity (Wildman–Crippen MR) is 89.7 cm³/mol. The number of hydrogen-bond acceptors (Lipinski definition) is 5. The van der Waals surface area contributed by atoms with Gasteiger partial charge in [0.25, 0.3) is 0 Å². The number of nitrogens with two attached hydrogens (primary N) is 1. The zero-order valence-corrected chi connectivity index (χ0v) is 12.7. The van der Waals surface area contributed by atoms with Gasteiger partial charge in [0.1, 0.15) is 18.0 Å². The zero-order valence-electron chi connectivity index (χ0n) is 12.7. The molecule has 0 saturated heterocycles. The maximum atomic E-state index is 5.70. The van der Waals surface area contributed by atoms with Gasteiger partial charge in [0, 0.05) is 12.0 Å². The van der Waals surface area contributed by atoms with Crippen LogP contribution in [0.15, 0.2) is 48.8 Å². The van der Waals surface area contributed by atoms with Crippen LogP contribution in [-0.4, -0.2) is 21.5 Å². The van der Waals surface area contributed by atoms with E-state index in [1.165, 1.54) is 11.9 Å². The van der Waals surface area contributed by atoms with Crippen molar-refractivity contribution in [3.05, 3.63) is 54.4 Å². The van der Waals surface area contributed by atoms with Gasteiger partial charge >= 0.3 is 0 Å². The van der Waals surface area contributed by atoms with Crippen molar-refractivity contribution in [3.8, 4) is 0 Å². The van der Waals surface area contributed by atoms with Crippen molar-refractivity contribution in [2.45, 2.75) is 19.3 Å². The lowest BCUT2D eigenvalue weighted by atomic mass is 9.84. The van der Waals surface area contributed by atoms with Crippen LogP contribution in [0.1, 0.15) is 19.4 Å². The van der Waals surface area contributed by atoms with Crippen molar-refractivity contribution in [1.82, 2.24) is 15.0 Å². The zero-order chi connectivity index (χ0) is 15.6. The van der Waals surface area contributed by atoms with Gasteiger partial charge in [-0.2, -0.15) is 0 Å². The SMILES string of the molecule is CC(C)(CNc1ncnc2nc(N)ccc12)c1ccccc1. The average Bonchev–Trinajstić information content (AvgIpc) is 2.53. The number of pyridine rings is 1. The third-order valence-corrected chi connectivity index (χ3v) is 3.77. The van der Waals surface area contributed by atoms with Crippen LogP contribution >= 0.6 is 0 Å². The summed E-state index contributed by atoms with van der Waals surface area (Å²) in [6.45, 7) is 5.16. The van der Waals surface area contributed by atoms with Crippen LogP contribution in [0.3, 0.4) is 0 Å². The van der Waals surface area contributed by atoms with E-state index in [0.29, 0.717) is 11.5 Å². The van der Waals surface area contributed by atoms with Crippen LogP contribution in [0.2, 0.25) is 0 Å². The van der Waals surface area contributed by atoms with Gasteiger partial charge in [0.15, 0.2) is 5.65 Å². The normalized spacial score (nSPS) is 11.5. The van der Waals surface area contributed by atoms with E-state index >= 15 is 0 Å². The monoisotopic (exact) mass is 293 g/mol. The second-order valence-corrected chi connectivity index (χ2v) is 5.93. The van der Waals surface area contributed by atoms with Crippen LogP contribution in [0.4, 0.5) is 11.6 Å². The van der Waals surface area contributed by atoms with E-state index in [0.717, 1.165) is 17.7 Å². The predicted octanol–water partition coefficient (Wildman–Crippen LogP) is 3.00. The summed E-state index contributed by atoms with van der Waals surface area (Å²) in [6, 6.07) is 14.1. The van der Waals surface area contributed by atoms with E-state index < -0.39 is 0 Å². The summed E-state index contributed by atoms with van der Waals surface area (Å²) < 4.78 is 0. The molecule has 0 aliphatic carbocycles. The van der Waals surface area contributed by atoms with Crippen molar-refractivity contribution in [3.63, 3.8) is 0 Å². The molecule has 0 unspecified atom stereocenters. The molecular formula is C17H19N5. The van der Waals surface area contributed by atoms with Gasteiger partial charge < -0.3 is 11.1 Å². The first-order valence-corrected chi connectivity index (χ1v) is 7.23. The second-order valence-electron chi connectivity index (χ2n) is 5.93. The number of nitrogens with zero attached hydrogens (tertiary/aromatic N) is 3. The molecule has 1 aromatic carbocycles. The molecule has 0 fully saturated rings. The second kappa shape index (κ2) is 5.60. The van der Waals surface area contributed by atoms with E-state index in [9.17, 15) is 0 Å². The van der Waals surface area contributed by atoms with E-state index in [2.05, 4.69) is 58.4 Å². The van der Waals surface area contributed by atoms with Crippen molar-refractivity contribution < 1.29 is 0 Å². The number of rotatable bonds is 4. The molecule has 5 nitrogen and oxygen atoms in total. The molecule has 2 aromatic heterocycles. The van der Waals surface area contributed by atoms with Gasteiger partial charge in [-0.05, 0) is 17.7 Å². The van der Waals surface area contributed by atoms with Gasteiger partial charge in [-0.25, -0.2) is 15.0 Å². The number of fused-ring (bicyclic) bond motifs is 1. The molecule has 0 atom stereocenters. The summed E-state index contributed by atoms with van der Waals surface area (Å²) in [5, 5.41) is 4.29. The summed E-state index contributed by atoms with van der Waals surface area (Å²) in [5.74, 6) is 1.24. The number of hydrogen-bond donors (Lipinski definition) is 2. The quantitative estimate of drug-likeness (QED) is 0.773. The fraction of sp³-hybridized carbons (Fsp3) is 0.235. The summed E-state index contributed by atoms with van der Waals surface area (Å²) in [5.41, 5.74) is 7.57. The highest BCUT2D eigenvalue weighted by Gasteiger charge is 2.20. The summed E-state index contributed by atoms with van der Waals surface area (Å²) in [7, 11) is 0. The van der Waals surface area contributed by atoms with Crippen LogP contribution in [0.5, 0.6) is 0 Å². The smallest absolute Gasteiger partial charge is 0.166 e. The van der Waals surface area contributed by atoms with Gasteiger partial charge in [0.2, 0.25) is 0 Å². The molecule has 112 valence electrons. The summed E-state index contributed by atoms with van der Waals surface area (Å²) >= 11 is 0. The minimum absolute atomic E-state index is 0.0141. The van der Waals surface area contributed by atoms with Gasteiger partial charge in [-0.3, -0.25) is 0 Å². The van der Waals surface area contributed by atoms with Crippen molar-refractivity contribution >= 4 is 22.7 Å². The van der Waals surface area contributed by atoms with Crippen LogP contribution in [-0.2, 0) is 5.41 Å². The molecule has 2 heterocycles. The third-order valence-electron chi connectivity index (χ3n) is 3.77. The largest absolute Gasteiger partial charge is 0.384 e. The molecule has 3 rings (SSSR count). The first kappa shape index (κ1) is 14.3. The Morgan fingerprint density at radius 3 is 2.59 bits per heavy atom. The van der Waals surface area contributed by atoms with E-state index in [-0.39, 0.29) is 5.41 Å². The Balaban J connectivity index is 1.85. The Hall–Kier alpha value is -2.69. The van der Waals surface area contributed by atoms with Gasteiger partial charge in [-0.15, -0.1) is 0 Å². The lowest BCUT2D eigenvalue weighted by molar-refractivity contribution is 0.556. The Morgan fingerprint density at radius 1 is 1.05 bits per heavy atom. The molecule has 0 spiro atoms. The molecule has 0 radical (unpaired) electrons. The molecular weight excluding hydrogens is 274 g/mol. The average molecular weight is 293 g/mol. The Labute approximate surface area is 129 Å². The van der Waals surface area contributed by atoms with Crippen LogP contribution in [0.25, 0.3) is 11.0 Å². The number of aromatic nitrogens is 3. The summed E-state index contributed by atoms with van der Waals surface area (Å²) in [6.07, 6.45) is 1.51. The van der Waals surface area contributed by atoms with Crippen molar-refractivity contribution in [2.24, 2.45) is 0 Å². The highest BCUT2D eigenvalue weighted by molar-refractivity contribution is 5.87. The molecule has 22 heavy (non-hydrogen) atoms. The highest BCUT2D eigenvalue weighted by Crippen LogP contribution is 2.25. The highest BCUT2D eigenvalue weighted by atomic mass is 15.0. The minimum atomic E-state index is -0.0141. The summed E-state index contributed by atoms with van der Waals surface area (Å²) in [4.78, 5) is 12.7. The number of benzene rings is 1. The topological polar surface area (TPSA) is 76.7 Å². The van der Waals surface area contributed by atoms with E-state index in [1.807, 2.05) is 12.1 Å². The third kappa shape index (κ3) is 2.83. The fourth-order valence-corrected chi connectivity index (χ4v) is 2.39. The Morgan fingerprint density at radius 2 is 1.82 bits per heavy atom. The first-order chi connectivity index (χ1) is 10.6. The van der Waals surface area contributed by atoms with Crippen molar-refractivity contribution in [2.75, 3.05) is 17.6 Å². The van der Waals surface area contributed by atoms with Crippen LogP contribution in [0, 0.1) is 0 Å². The molecule has 3 aromatic rings. The number of anilines is 2. The first-order valence-electron chi connectivity index (χ1n) is 7.23. The molecule has 3 N–H and O–H groups in total. The maximum absolute atomic E-state index is 5.70. The lowest BCUT2D eigenvalue weighted by Crippen LogP contribution is -2.28.